The van der Waals surface area contributed by atoms with E-state index in [1.165, 1.54) is 23.1 Å². The number of nitrogens with zero attached hydrogens (tertiary/aromatic N) is 5. The quantitative estimate of drug-likeness (QED) is 0.218. The lowest BCUT2D eigenvalue weighted by molar-refractivity contribution is 0.0317. The number of aromatic carboxylic acids is 1. The number of ether oxygens (including phenoxy) is 2. The first-order valence-electron chi connectivity index (χ1n) is 12.9. The highest BCUT2D eigenvalue weighted by molar-refractivity contribution is 5.91. The van der Waals surface area contributed by atoms with Gasteiger partial charge in [-0.25, -0.2) is 19.1 Å². The summed E-state index contributed by atoms with van der Waals surface area (Å²) in [4.78, 5) is 15.9. The van der Waals surface area contributed by atoms with E-state index in [4.69, 9.17) is 20.0 Å². The molecular formula is C31H30N6O8. The van der Waals surface area contributed by atoms with E-state index in [0.29, 0.717) is 34.1 Å². The van der Waals surface area contributed by atoms with Crippen LogP contribution < -0.4 is 10.2 Å². The number of nitrogens with one attached hydrogen (secondary N) is 1. The third-order valence-electron chi connectivity index (χ3n) is 6.46. The Kier molecular flexibility index (Phi) is 10.8. The molecule has 14 heteroatoms. The first-order chi connectivity index (χ1) is 20.5. The van der Waals surface area contributed by atoms with Crippen LogP contribution >= 0.6 is 0 Å². The van der Waals surface area contributed by atoms with E-state index < -0.39 is 12.1 Å². The lowest BCUT2D eigenvalue weighted by atomic mass is 10.1. The molecule has 0 aliphatic carbocycles. The molecule has 232 valence electrons. The van der Waals surface area contributed by atoms with Crippen LogP contribution in [0.5, 0.6) is 5.75 Å². The molecule has 3 aromatic carbocycles. The number of hydrogen-bond acceptors (Lipinski definition) is 8. The van der Waals surface area contributed by atoms with Gasteiger partial charge in [-0.2, -0.15) is 10.2 Å². The second kappa shape index (κ2) is 14.5. The summed E-state index contributed by atoms with van der Waals surface area (Å²) in [6, 6.07) is 22.9. The Morgan fingerprint density at radius 2 is 1.73 bits per heavy atom. The summed E-state index contributed by atoms with van der Waals surface area (Å²) in [6.07, 6.45) is 7.79. The maximum absolute atomic E-state index is 11.3. The van der Waals surface area contributed by atoms with Gasteiger partial charge >= 0.3 is 5.97 Å². The third kappa shape index (κ3) is 7.01. The first-order valence-corrected chi connectivity index (χ1v) is 12.9. The second-order valence-corrected chi connectivity index (χ2v) is 9.24. The van der Waals surface area contributed by atoms with Gasteiger partial charge in [-0.1, -0.05) is 36.4 Å². The summed E-state index contributed by atoms with van der Waals surface area (Å²) < 4.78 is 14.2. The molecule has 14 nitrogen and oxygen atoms in total. The molecule has 0 bridgehead atoms. The zero-order chi connectivity index (χ0) is 29.1. The predicted molar refractivity (Wildman–Crippen MR) is 165 cm³/mol. The predicted octanol–water partition coefficient (Wildman–Crippen LogP) is 1.64. The Hall–Kier alpha value is -5.93. The van der Waals surface area contributed by atoms with Gasteiger partial charge in [0.25, 0.3) is 5.95 Å². The second-order valence-electron chi connectivity index (χ2n) is 9.24. The number of rotatable bonds is 8. The topological polar surface area (TPSA) is 242 Å². The maximum Gasteiger partial charge on any atom is 0.335 e. The van der Waals surface area contributed by atoms with Crippen LogP contribution in [0.25, 0.3) is 28.0 Å². The molecule has 2 aromatic heterocycles. The van der Waals surface area contributed by atoms with Crippen molar-refractivity contribution < 1.29 is 40.9 Å². The van der Waals surface area contributed by atoms with Crippen molar-refractivity contribution in [3.05, 3.63) is 126 Å². The van der Waals surface area contributed by atoms with Gasteiger partial charge in [-0.15, -0.1) is 0 Å². The maximum atomic E-state index is 11.3. The molecule has 9 N–H and O–H groups in total. The summed E-state index contributed by atoms with van der Waals surface area (Å²) in [7, 11) is 0. The summed E-state index contributed by atoms with van der Waals surface area (Å²) in [5, 5.41) is 37.3. The van der Waals surface area contributed by atoms with Crippen molar-refractivity contribution in [1.82, 2.24) is 19.4 Å². The fraction of sp³-hybridized carbons (Fsp3) is 0.0645. The molecule has 0 fully saturated rings. The molecule has 0 amide bonds. The highest BCUT2D eigenvalue weighted by Crippen LogP contribution is 2.26. The number of carbonyl (C=O) groups is 1. The number of aliphatic hydroxyl groups excluding tert-OH is 1. The van der Waals surface area contributed by atoms with E-state index in [9.17, 15) is 15.0 Å². The Labute approximate surface area is 255 Å². The van der Waals surface area contributed by atoms with E-state index >= 15 is 0 Å². The van der Waals surface area contributed by atoms with Gasteiger partial charge in [0, 0.05) is 11.6 Å². The van der Waals surface area contributed by atoms with Gasteiger partial charge in [0.05, 0.1) is 29.5 Å². The normalized spacial score (nSPS) is 13.6. The number of carboxylic acids is 1. The molecule has 6 rings (SSSR count). The van der Waals surface area contributed by atoms with Crippen molar-refractivity contribution in [2.45, 2.75) is 6.10 Å². The van der Waals surface area contributed by atoms with Crippen molar-refractivity contribution >= 4 is 23.2 Å². The van der Waals surface area contributed by atoms with Crippen molar-refractivity contribution in [3.8, 4) is 22.7 Å². The number of carboxylic acid groups (broad SMARTS) is 1. The minimum Gasteiger partial charge on any atom is -0.478 e. The Morgan fingerprint density at radius 1 is 1.02 bits per heavy atom. The highest BCUT2D eigenvalue weighted by atomic mass is 16.7. The number of benzene rings is 3. The minimum absolute atomic E-state index is 0. The van der Waals surface area contributed by atoms with Crippen molar-refractivity contribution in [3.63, 3.8) is 0 Å². The Morgan fingerprint density at radius 3 is 2.40 bits per heavy atom. The Bertz CT molecular complexity index is 1910. The molecular weight excluding hydrogens is 584 g/mol. The van der Waals surface area contributed by atoms with Gasteiger partial charge < -0.3 is 36.1 Å². The number of hydrogen-bond donors (Lipinski definition) is 3. The van der Waals surface area contributed by atoms with E-state index in [1.54, 1.807) is 53.4 Å². The fourth-order valence-electron chi connectivity index (χ4n) is 4.35. The van der Waals surface area contributed by atoms with Gasteiger partial charge in [0.2, 0.25) is 0 Å². The van der Waals surface area contributed by atoms with E-state index in [-0.39, 0.29) is 34.1 Å². The zero-order valence-electron chi connectivity index (χ0n) is 23.5. The minimum atomic E-state index is -1.02. The van der Waals surface area contributed by atoms with Crippen LogP contribution in [0.4, 0.5) is 0 Å². The van der Waals surface area contributed by atoms with Crippen molar-refractivity contribution in [2.24, 2.45) is 5.10 Å². The average Bonchev–Trinajstić information content (AvgIpc) is 3.42. The summed E-state index contributed by atoms with van der Waals surface area (Å²) in [5.74, 6) is -0.174. The van der Waals surface area contributed by atoms with Crippen LogP contribution in [-0.2, 0) is 4.74 Å². The molecule has 45 heavy (non-hydrogen) atoms. The molecule has 1 aliphatic rings. The standard InChI is InChI=1S/C31H24N6O5.3H2O/c32-29-27-28(21-5-2-1-3-6-21)35-37(23-13-11-22(12-14-23)31(39)40)30(27)33-19-36(29)34-17-20-9-15-24(16-10-20)41-26-8-4-7-25(18-38)42-26;;;/h1-17,19,25,32,38H,18H2,(H,39,40);3*1H2/b32-29?,34-17-;;;. The fourth-order valence-corrected chi connectivity index (χ4v) is 4.35. The van der Waals surface area contributed by atoms with Crippen LogP contribution in [0, 0.1) is 5.41 Å². The van der Waals surface area contributed by atoms with Gasteiger partial charge in [0.15, 0.2) is 11.1 Å². The molecule has 1 unspecified atom stereocenters. The number of aliphatic hydroxyl groups is 1. The summed E-state index contributed by atoms with van der Waals surface area (Å²) >= 11 is 0. The van der Waals surface area contributed by atoms with Crippen LogP contribution in [0.1, 0.15) is 15.9 Å². The van der Waals surface area contributed by atoms with Crippen LogP contribution in [-0.4, -0.2) is 71.0 Å². The molecule has 0 saturated carbocycles. The monoisotopic (exact) mass is 614 g/mol. The molecule has 5 aromatic rings. The third-order valence-corrected chi connectivity index (χ3v) is 6.46. The highest BCUT2D eigenvalue weighted by Gasteiger charge is 2.18. The van der Waals surface area contributed by atoms with Crippen LogP contribution in [0.15, 0.2) is 114 Å². The molecule has 0 spiro atoms. The molecule has 3 heterocycles. The summed E-state index contributed by atoms with van der Waals surface area (Å²) in [6.45, 7) is -0.142. The van der Waals surface area contributed by atoms with Crippen LogP contribution in [0.2, 0.25) is 0 Å². The zero-order valence-corrected chi connectivity index (χ0v) is 23.5. The van der Waals surface area contributed by atoms with Gasteiger partial charge in [-0.05, 0) is 60.2 Å². The van der Waals surface area contributed by atoms with E-state index in [1.807, 2.05) is 42.5 Å². The molecule has 0 radical (unpaired) electrons. The average molecular weight is 615 g/mol. The molecule has 1 atom stereocenters. The van der Waals surface area contributed by atoms with Gasteiger partial charge in [-0.3, -0.25) is 5.41 Å². The SMILES string of the molecule is N=c1c2c(-c3ccccc3)nn(-c3ccc(C(=O)O)cc3)c2ncn1/N=C\c1ccc(OC2=CC=CC(CO)O2)cc1.O.O.O. The summed E-state index contributed by atoms with van der Waals surface area (Å²) in [5.41, 5.74) is 3.40. The molecule has 0 saturated heterocycles. The van der Waals surface area contributed by atoms with Crippen molar-refractivity contribution in [2.75, 3.05) is 6.61 Å². The first kappa shape index (κ1) is 33.6. The van der Waals surface area contributed by atoms with Crippen molar-refractivity contribution in [1.29, 1.82) is 5.41 Å². The lowest BCUT2D eigenvalue weighted by Gasteiger charge is -2.18. The molecule has 1 aliphatic heterocycles. The Balaban J connectivity index is 0.00000184. The van der Waals surface area contributed by atoms with Gasteiger partial charge in [0.1, 0.15) is 23.9 Å². The smallest absolute Gasteiger partial charge is 0.335 e. The van der Waals surface area contributed by atoms with E-state index in [2.05, 4.69) is 10.1 Å². The van der Waals surface area contributed by atoms with E-state index in [0.717, 1.165) is 11.1 Å². The lowest BCUT2D eigenvalue weighted by Crippen LogP contribution is -2.18. The van der Waals surface area contributed by atoms with Crippen LogP contribution in [0.3, 0.4) is 0 Å². The number of allylic oxidation sites excluding steroid dienone is 2. The number of aromatic nitrogens is 4. The number of fused-ring (bicyclic) bond motifs is 1. The largest absolute Gasteiger partial charge is 0.478 e.